The van der Waals surface area contributed by atoms with Crippen LogP contribution in [-0.2, 0) is 0 Å². The zero-order valence-electron chi connectivity index (χ0n) is 16.2. The molecule has 0 atom stereocenters. The second kappa shape index (κ2) is 7.69. The van der Waals surface area contributed by atoms with Crippen molar-refractivity contribution < 1.29 is 9.47 Å². The molecule has 0 saturated carbocycles. The number of ether oxygens (including phenoxy) is 2. The minimum absolute atomic E-state index is 0.136. The second-order valence-corrected chi connectivity index (χ2v) is 6.93. The molecular formula is C24H22N2O2. The topological polar surface area (TPSA) is 44.2 Å². The first kappa shape index (κ1) is 18.0. The van der Waals surface area contributed by atoms with E-state index in [1.54, 1.807) is 0 Å². The van der Waals surface area contributed by atoms with E-state index in [-0.39, 0.29) is 6.10 Å². The highest BCUT2D eigenvalue weighted by atomic mass is 16.5. The Kier molecular flexibility index (Phi) is 4.94. The molecule has 140 valence electrons. The van der Waals surface area contributed by atoms with Gasteiger partial charge in [0.25, 0.3) is 0 Å². The maximum absolute atomic E-state index is 6.19. The number of aryl methyl sites for hydroxylation is 1. The van der Waals surface area contributed by atoms with E-state index < -0.39 is 0 Å². The van der Waals surface area contributed by atoms with Crippen LogP contribution in [0.25, 0.3) is 22.3 Å². The van der Waals surface area contributed by atoms with Gasteiger partial charge in [0.15, 0.2) is 5.82 Å². The highest BCUT2D eigenvalue weighted by Gasteiger charge is 2.12. The van der Waals surface area contributed by atoms with E-state index in [0.29, 0.717) is 11.7 Å². The van der Waals surface area contributed by atoms with Crippen LogP contribution in [0.3, 0.4) is 0 Å². The highest BCUT2D eigenvalue weighted by Crippen LogP contribution is 2.31. The van der Waals surface area contributed by atoms with Crippen molar-refractivity contribution in [2.24, 2.45) is 0 Å². The fourth-order valence-corrected chi connectivity index (χ4v) is 2.98. The van der Waals surface area contributed by atoms with E-state index in [1.165, 1.54) is 0 Å². The number of benzene rings is 3. The third-order valence-corrected chi connectivity index (χ3v) is 4.35. The van der Waals surface area contributed by atoms with Gasteiger partial charge >= 0.3 is 0 Å². The standard InChI is InChI=1S/C24H22N2O2/c1-16(2)27-19-14-12-18(13-15-19)23-25-21-10-6-5-9-20(21)24(26-23)28-22-11-7-4-8-17(22)3/h4-16H,1-3H3. The summed E-state index contributed by atoms with van der Waals surface area (Å²) in [6, 6.07) is 23.6. The molecule has 4 nitrogen and oxygen atoms in total. The van der Waals surface area contributed by atoms with Gasteiger partial charge in [-0.2, -0.15) is 4.98 Å². The summed E-state index contributed by atoms with van der Waals surface area (Å²) in [7, 11) is 0. The van der Waals surface area contributed by atoms with Gasteiger partial charge in [0.05, 0.1) is 17.0 Å². The van der Waals surface area contributed by atoms with Crippen molar-refractivity contribution in [2.75, 3.05) is 0 Å². The molecule has 0 fully saturated rings. The van der Waals surface area contributed by atoms with Crippen molar-refractivity contribution in [1.82, 2.24) is 9.97 Å². The van der Waals surface area contributed by atoms with Crippen LogP contribution in [0.5, 0.6) is 17.4 Å². The van der Waals surface area contributed by atoms with Crippen LogP contribution < -0.4 is 9.47 Å². The first-order valence-corrected chi connectivity index (χ1v) is 9.37. The molecule has 0 aliphatic rings. The number of aromatic nitrogens is 2. The Balaban J connectivity index is 1.77. The molecule has 0 N–H and O–H groups in total. The lowest BCUT2D eigenvalue weighted by Crippen LogP contribution is -2.05. The monoisotopic (exact) mass is 370 g/mol. The Morgan fingerprint density at radius 2 is 1.50 bits per heavy atom. The molecule has 0 aliphatic carbocycles. The lowest BCUT2D eigenvalue weighted by molar-refractivity contribution is 0.242. The summed E-state index contributed by atoms with van der Waals surface area (Å²) in [5, 5.41) is 0.884. The molecule has 0 radical (unpaired) electrons. The molecule has 0 bridgehead atoms. The van der Waals surface area contributed by atoms with E-state index in [2.05, 4.69) is 0 Å². The summed E-state index contributed by atoms with van der Waals surface area (Å²) in [5.41, 5.74) is 2.82. The minimum atomic E-state index is 0.136. The van der Waals surface area contributed by atoms with Crippen molar-refractivity contribution in [3.63, 3.8) is 0 Å². The maximum Gasteiger partial charge on any atom is 0.230 e. The zero-order valence-corrected chi connectivity index (χ0v) is 16.2. The quantitative estimate of drug-likeness (QED) is 0.420. The molecule has 0 amide bonds. The second-order valence-electron chi connectivity index (χ2n) is 6.93. The summed E-state index contributed by atoms with van der Waals surface area (Å²) in [6.07, 6.45) is 0.136. The number of nitrogens with zero attached hydrogens (tertiary/aromatic N) is 2. The predicted octanol–water partition coefficient (Wildman–Crippen LogP) is 6.18. The van der Waals surface area contributed by atoms with Crippen molar-refractivity contribution in [1.29, 1.82) is 0 Å². The van der Waals surface area contributed by atoms with Gasteiger partial charge in [-0.1, -0.05) is 30.3 Å². The van der Waals surface area contributed by atoms with Crippen LogP contribution in [0.1, 0.15) is 19.4 Å². The van der Waals surface area contributed by atoms with Gasteiger partial charge in [0, 0.05) is 5.56 Å². The molecule has 1 heterocycles. The fourth-order valence-electron chi connectivity index (χ4n) is 2.98. The fraction of sp³-hybridized carbons (Fsp3) is 0.167. The van der Waals surface area contributed by atoms with Crippen molar-refractivity contribution in [3.8, 4) is 28.8 Å². The average molecular weight is 370 g/mol. The number of rotatable bonds is 5. The Bertz CT molecular complexity index is 1110. The largest absolute Gasteiger partial charge is 0.491 e. The van der Waals surface area contributed by atoms with E-state index in [4.69, 9.17) is 19.4 Å². The van der Waals surface area contributed by atoms with Crippen molar-refractivity contribution in [3.05, 3.63) is 78.4 Å². The van der Waals surface area contributed by atoms with Crippen LogP contribution in [0, 0.1) is 6.92 Å². The molecule has 0 aliphatic heterocycles. The molecule has 4 rings (SSSR count). The minimum Gasteiger partial charge on any atom is -0.491 e. The van der Waals surface area contributed by atoms with Crippen molar-refractivity contribution >= 4 is 10.9 Å². The maximum atomic E-state index is 6.19. The normalized spacial score (nSPS) is 11.0. The zero-order chi connectivity index (χ0) is 19.5. The van der Waals surface area contributed by atoms with Crippen LogP contribution in [-0.4, -0.2) is 16.1 Å². The third kappa shape index (κ3) is 3.81. The Labute approximate surface area is 164 Å². The van der Waals surface area contributed by atoms with E-state index in [9.17, 15) is 0 Å². The lowest BCUT2D eigenvalue weighted by atomic mass is 10.1. The summed E-state index contributed by atoms with van der Waals surface area (Å²) >= 11 is 0. The van der Waals surface area contributed by atoms with Gasteiger partial charge in [-0.3, -0.25) is 0 Å². The van der Waals surface area contributed by atoms with Crippen molar-refractivity contribution in [2.45, 2.75) is 26.9 Å². The van der Waals surface area contributed by atoms with E-state index >= 15 is 0 Å². The van der Waals surface area contributed by atoms with Crippen LogP contribution >= 0.6 is 0 Å². The lowest BCUT2D eigenvalue weighted by Gasteiger charge is -2.12. The smallest absolute Gasteiger partial charge is 0.230 e. The van der Waals surface area contributed by atoms with Gasteiger partial charge in [0.1, 0.15) is 11.5 Å². The van der Waals surface area contributed by atoms with Gasteiger partial charge in [0.2, 0.25) is 5.88 Å². The Morgan fingerprint density at radius 1 is 0.786 bits per heavy atom. The van der Waals surface area contributed by atoms with Crippen LogP contribution in [0.2, 0.25) is 0 Å². The SMILES string of the molecule is Cc1ccccc1Oc1nc(-c2ccc(OC(C)C)cc2)nc2ccccc12. The molecule has 28 heavy (non-hydrogen) atoms. The summed E-state index contributed by atoms with van der Waals surface area (Å²) in [5.74, 6) is 2.80. The Morgan fingerprint density at radius 3 is 2.25 bits per heavy atom. The van der Waals surface area contributed by atoms with Gasteiger partial charge < -0.3 is 9.47 Å². The van der Waals surface area contributed by atoms with Crippen LogP contribution in [0.4, 0.5) is 0 Å². The first-order valence-electron chi connectivity index (χ1n) is 9.37. The Hall–Kier alpha value is -3.40. The highest BCUT2D eigenvalue weighted by molar-refractivity contribution is 5.85. The molecular weight excluding hydrogens is 348 g/mol. The number of hydrogen-bond donors (Lipinski definition) is 0. The predicted molar refractivity (Wildman–Crippen MR) is 112 cm³/mol. The van der Waals surface area contributed by atoms with Gasteiger partial charge in [-0.15, -0.1) is 0 Å². The van der Waals surface area contributed by atoms with Gasteiger partial charge in [-0.25, -0.2) is 4.98 Å². The number of fused-ring (bicyclic) bond motifs is 1. The van der Waals surface area contributed by atoms with E-state index in [0.717, 1.165) is 33.5 Å². The molecule has 0 spiro atoms. The summed E-state index contributed by atoms with van der Waals surface area (Å²) in [4.78, 5) is 9.45. The molecule has 0 saturated heterocycles. The molecule has 0 unspecified atom stereocenters. The molecule has 4 heteroatoms. The molecule has 1 aromatic heterocycles. The molecule has 3 aromatic carbocycles. The average Bonchev–Trinajstić information content (AvgIpc) is 2.70. The number of para-hydroxylation sites is 2. The first-order chi connectivity index (χ1) is 13.6. The third-order valence-electron chi connectivity index (χ3n) is 4.35. The summed E-state index contributed by atoms with van der Waals surface area (Å²) in [6.45, 7) is 6.04. The number of hydrogen-bond acceptors (Lipinski definition) is 4. The summed E-state index contributed by atoms with van der Waals surface area (Å²) < 4.78 is 11.9. The van der Waals surface area contributed by atoms with E-state index in [1.807, 2.05) is 93.6 Å². The van der Waals surface area contributed by atoms with Crippen LogP contribution in [0.15, 0.2) is 72.8 Å². The molecule has 4 aromatic rings. The van der Waals surface area contributed by atoms with Gasteiger partial charge in [-0.05, 0) is 68.8 Å².